The van der Waals surface area contributed by atoms with Crippen molar-refractivity contribution in [1.29, 1.82) is 0 Å². The molecule has 0 unspecified atom stereocenters. The minimum atomic E-state index is -5.08. The summed E-state index contributed by atoms with van der Waals surface area (Å²) in [4.78, 5) is 58.2. The van der Waals surface area contributed by atoms with Crippen LogP contribution in [0.5, 0.6) is 0 Å². The molecule has 15 nitrogen and oxygen atoms in total. The van der Waals surface area contributed by atoms with E-state index in [1.165, 1.54) is 12.4 Å². The summed E-state index contributed by atoms with van der Waals surface area (Å²) >= 11 is 6.36. The molecule has 53 heavy (non-hydrogen) atoms. The Kier molecular flexibility index (Phi) is 12.8. The number of benzene rings is 1. The number of hydrogen-bond donors (Lipinski definition) is 5. The van der Waals surface area contributed by atoms with E-state index < -0.39 is 24.3 Å². The average Bonchev–Trinajstić information content (AvgIpc) is 3.79. The van der Waals surface area contributed by atoms with Gasteiger partial charge in [0.05, 0.1) is 24.3 Å². The van der Waals surface area contributed by atoms with Crippen LogP contribution in [-0.2, 0) is 27.2 Å². The Morgan fingerprint density at radius 2 is 1.64 bits per heavy atom. The number of likely N-dealkylation sites (tertiary alicyclic amines) is 1. The predicted octanol–water partition coefficient (Wildman–Crippen LogP) is 5.86. The van der Waals surface area contributed by atoms with Crippen LogP contribution >= 0.6 is 11.6 Å². The van der Waals surface area contributed by atoms with E-state index in [0.717, 1.165) is 41.0 Å². The van der Waals surface area contributed by atoms with Gasteiger partial charge in [0.1, 0.15) is 5.02 Å². The number of carboxylic acid groups (broad SMARTS) is 2. The highest BCUT2D eigenvalue weighted by Gasteiger charge is 2.39. The molecule has 282 valence electrons. The Morgan fingerprint density at radius 3 is 2.28 bits per heavy atom. The van der Waals surface area contributed by atoms with Gasteiger partial charge in [-0.05, 0) is 60.6 Å². The highest BCUT2D eigenvalue weighted by Crippen LogP contribution is 2.30. The van der Waals surface area contributed by atoms with Crippen LogP contribution in [0.25, 0.3) is 0 Å². The number of carbonyl (C=O) groups excluding carboxylic acids is 2. The van der Waals surface area contributed by atoms with Gasteiger partial charge in [-0.2, -0.15) is 31.3 Å². The summed E-state index contributed by atoms with van der Waals surface area (Å²) in [5, 5.41) is 27.8. The summed E-state index contributed by atoms with van der Waals surface area (Å²) in [5.41, 5.74) is 4.30. The highest BCUT2D eigenvalue weighted by atomic mass is 35.5. The first kappa shape index (κ1) is 39.8. The number of anilines is 5. The SMILES string of the molecule is O=C(C[C@@H]1CCN(C(=O)c2ccno2)C1)Nc1ccc2cc1CCc1cncc(c1)Nc1ncc(Cl)c(n1)N2.O=C(O)C(F)(F)F.O=C(O)C(F)(F)F. The van der Waals surface area contributed by atoms with Crippen LogP contribution in [0.4, 0.5) is 55.2 Å². The van der Waals surface area contributed by atoms with Crippen LogP contribution in [0.2, 0.25) is 5.02 Å². The van der Waals surface area contributed by atoms with Gasteiger partial charge in [0, 0.05) is 43.1 Å². The number of nitrogens with zero attached hydrogens (tertiary/aromatic N) is 5. The molecule has 6 rings (SSSR count). The standard InChI is InChI=1S/C27H25ClN8O3.2C2HF3O2/c28-21-14-30-27-33-20-9-16(12-29-13-20)1-2-18-11-19(32-25(21)35-27)3-4-22(18)34-24(37)10-17-6-8-36(15-17)26(38)23-5-7-31-39-23;2*3-2(4,5)1(6)7/h3-5,7,9,11-14,17H,1-2,6,8,10,15H2,(H,34,37)(H2,30,32,33,35);2*(H,6,7)/t17-;;/m0../s1. The molecule has 0 spiro atoms. The van der Waals surface area contributed by atoms with Crippen molar-refractivity contribution in [2.24, 2.45) is 5.92 Å². The number of fused-ring (bicyclic) bond motifs is 6. The maximum absolute atomic E-state index is 13.1. The summed E-state index contributed by atoms with van der Waals surface area (Å²) in [5.74, 6) is -4.66. The maximum Gasteiger partial charge on any atom is 0.490 e. The number of nitrogens with one attached hydrogen (secondary N) is 3. The van der Waals surface area contributed by atoms with Gasteiger partial charge in [-0.25, -0.2) is 14.6 Å². The molecule has 3 aromatic heterocycles. The number of alkyl halides is 6. The number of aliphatic carboxylic acids is 2. The van der Waals surface area contributed by atoms with Gasteiger partial charge in [0.25, 0.3) is 5.91 Å². The fourth-order valence-electron chi connectivity index (χ4n) is 4.88. The van der Waals surface area contributed by atoms with E-state index in [1.807, 2.05) is 30.5 Å². The number of hydrogen-bond acceptors (Lipinski definition) is 11. The monoisotopic (exact) mass is 772 g/mol. The summed E-state index contributed by atoms with van der Waals surface area (Å²) in [6.45, 7) is 1.08. The Hall–Kier alpha value is -5.99. The van der Waals surface area contributed by atoms with Crippen molar-refractivity contribution >= 4 is 64.2 Å². The van der Waals surface area contributed by atoms with E-state index in [1.54, 1.807) is 17.2 Å². The minimum absolute atomic E-state index is 0.0679. The lowest BCUT2D eigenvalue weighted by molar-refractivity contribution is -0.193. The van der Waals surface area contributed by atoms with Crippen LogP contribution in [0, 0.1) is 5.92 Å². The van der Waals surface area contributed by atoms with Gasteiger partial charge in [0.15, 0.2) is 5.82 Å². The molecule has 1 fully saturated rings. The van der Waals surface area contributed by atoms with Gasteiger partial charge in [-0.1, -0.05) is 16.8 Å². The zero-order chi connectivity index (χ0) is 38.9. The minimum Gasteiger partial charge on any atom is -0.475 e. The van der Waals surface area contributed by atoms with Crippen molar-refractivity contribution in [3.05, 3.63) is 77.0 Å². The third kappa shape index (κ3) is 11.8. The molecule has 0 aliphatic carbocycles. The van der Waals surface area contributed by atoms with Crippen molar-refractivity contribution in [3.8, 4) is 0 Å². The summed E-state index contributed by atoms with van der Waals surface area (Å²) in [6, 6.07) is 9.30. The zero-order valence-electron chi connectivity index (χ0n) is 26.8. The Labute approximate surface area is 299 Å². The van der Waals surface area contributed by atoms with E-state index in [2.05, 4.69) is 36.1 Å². The first-order chi connectivity index (χ1) is 24.9. The average molecular weight is 773 g/mol. The molecule has 1 atom stereocenters. The van der Waals surface area contributed by atoms with Crippen LogP contribution in [0.15, 0.2) is 59.6 Å². The van der Waals surface area contributed by atoms with Gasteiger partial charge < -0.3 is 35.6 Å². The molecule has 0 saturated carbocycles. The molecular weight excluding hydrogens is 746 g/mol. The highest BCUT2D eigenvalue weighted by molar-refractivity contribution is 6.32. The number of halogens is 7. The Morgan fingerprint density at radius 1 is 0.943 bits per heavy atom. The third-order valence-electron chi connectivity index (χ3n) is 7.30. The molecule has 4 aromatic rings. The van der Waals surface area contributed by atoms with Crippen LogP contribution in [-0.4, -0.2) is 84.4 Å². The summed E-state index contributed by atoms with van der Waals surface area (Å²) in [7, 11) is 0. The molecule has 5 N–H and O–H groups in total. The number of rotatable bonds is 4. The van der Waals surface area contributed by atoms with Crippen LogP contribution in [0.3, 0.4) is 0 Å². The summed E-state index contributed by atoms with van der Waals surface area (Å²) in [6.07, 6.45) is -1.18. The van der Waals surface area contributed by atoms with Gasteiger partial charge in [-0.15, -0.1) is 0 Å². The molecule has 0 radical (unpaired) electrons. The molecular formula is C31H27ClF6N8O7. The van der Waals surface area contributed by atoms with Gasteiger partial charge in [-0.3, -0.25) is 14.6 Å². The van der Waals surface area contributed by atoms with Crippen LogP contribution in [0.1, 0.15) is 34.5 Å². The van der Waals surface area contributed by atoms with Crippen molar-refractivity contribution in [2.45, 2.75) is 38.0 Å². The van der Waals surface area contributed by atoms with E-state index in [4.69, 9.17) is 35.9 Å². The van der Waals surface area contributed by atoms with Crippen molar-refractivity contribution in [3.63, 3.8) is 0 Å². The van der Waals surface area contributed by atoms with E-state index in [0.29, 0.717) is 42.7 Å². The third-order valence-corrected chi connectivity index (χ3v) is 7.58. The van der Waals surface area contributed by atoms with E-state index in [9.17, 15) is 35.9 Å². The Bertz CT molecular complexity index is 1920. The number of aromatic nitrogens is 4. The lowest BCUT2D eigenvalue weighted by Gasteiger charge is -2.16. The molecule has 2 aliphatic rings. The number of amides is 2. The quantitative estimate of drug-likeness (QED) is 0.154. The maximum atomic E-state index is 13.1. The van der Waals surface area contributed by atoms with Gasteiger partial charge >= 0.3 is 24.3 Å². The lowest BCUT2D eigenvalue weighted by atomic mass is 10.0. The largest absolute Gasteiger partial charge is 0.490 e. The van der Waals surface area contributed by atoms with E-state index >= 15 is 0 Å². The van der Waals surface area contributed by atoms with Crippen molar-refractivity contribution in [2.75, 3.05) is 29.0 Å². The predicted molar refractivity (Wildman–Crippen MR) is 173 cm³/mol. The Balaban J connectivity index is 0.000000381. The molecule has 2 amide bonds. The molecule has 2 aliphatic heterocycles. The fraction of sp³-hybridized carbons (Fsp3) is 0.290. The zero-order valence-corrected chi connectivity index (χ0v) is 27.6. The molecule has 1 aromatic carbocycles. The number of carboxylic acids is 2. The molecule has 5 heterocycles. The second-order valence-corrected chi connectivity index (χ2v) is 11.6. The van der Waals surface area contributed by atoms with E-state index in [-0.39, 0.29) is 23.5 Å². The number of aryl methyl sites for hydroxylation is 2. The normalized spacial score (nSPS) is 14.9. The number of carbonyl (C=O) groups is 4. The lowest BCUT2D eigenvalue weighted by Crippen LogP contribution is -2.29. The smallest absolute Gasteiger partial charge is 0.475 e. The topological polar surface area (TPSA) is 213 Å². The summed E-state index contributed by atoms with van der Waals surface area (Å²) < 4.78 is 68.5. The molecule has 6 bridgehead atoms. The molecule has 22 heteroatoms. The fourth-order valence-corrected chi connectivity index (χ4v) is 5.02. The van der Waals surface area contributed by atoms with Crippen molar-refractivity contribution < 1.29 is 60.3 Å². The first-order valence-electron chi connectivity index (χ1n) is 15.1. The number of pyridine rings is 1. The van der Waals surface area contributed by atoms with Crippen LogP contribution < -0.4 is 16.0 Å². The second kappa shape index (κ2) is 17.0. The second-order valence-electron chi connectivity index (χ2n) is 11.2. The van der Waals surface area contributed by atoms with Gasteiger partial charge in [0.2, 0.25) is 17.6 Å². The molecule has 1 saturated heterocycles. The van der Waals surface area contributed by atoms with Crippen molar-refractivity contribution in [1.82, 2.24) is 25.0 Å². The first-order valence-corrected chi connectivity index (χ1v) is 15.5.